The second-order valence-corrected chi connectivity index (χ2v) is 8.90. The maximum Gasteiger partial charge on any atom is 0.117 e. The highest BCUT2D eigenvalue weighted by atomic mass is 15.2. The molecule has 28 heavy (non-hydrogen) atoms. The van der Waals surface area contributed by atoms with Gasteiger partial charge in [0.25, 0.3) is 0 Å². The summed E-state index contributed by atoms with van der Waals surface area (Å²) >= 11 is 0. The van der Waals surface area contributed by atoms with Crippen LogP contribution < -0.4 is 4.90 Å². The molecule has 0 radical (unpaired) electrons. The fourth-order valence-electron chi connectivity index (χ4n) is 6.29. The Morgan fingerprint density at radius 2 is 1.82 bits per heavy atom. The van der Waals surface area contributed by atoms with E-state index < -0.39 is 0 Å². The molecule has 3 heteroatoms. The van der Waals surface area contributed by atoms with Crippen LogP contribution >= 0.6 is 0 Å². The molecule has 0 N–H and O–H groups in total. The molecule has 1 saturated carbocycles. The van der Waals surface area contributed by atoms with Crippen LogP contribution in [0.25, 0.3) is 5.69 Å². The number of para-hydroxylation sites is 1. The quantitative estimate of drug-likeness (QED) is 0.421. The van der Waals surface area contributed by atoms with Crippen LogP contribution in [0.5, 0.6) is 0 Å². The normalized spacial score (nSPS) is 21.6. The van der Waals surface area contributed by atoms with E-state index in [4.69, 9.17) is 0 Å². The van der Waals surface area contributed by atoms with E-state index in [1.165, 1.54) is 60.3 Å². The fourth-order valence-corrected chi connectivity index (χ4v) is 6.29. The summed E-state index contributed by atoms with van der Waals surface area (Å²) in [5.41, 5.74) is 8.85. The second kappa shape index (κ2) is 5.73. The number of hydrogen-bond acceptors (Lipinski definition) is 2. The average Bonchev–Trinajstić information content (AvgIpc) is 3.37. The fraction of sp³-hybridized carbons (Fsp3) is 0.400. The summed E-state index contributed by atoms with van der Waals surface area (Å²) in [5, 5.41) is 0. The van der Waals surface area contributed by atoms with Gasteiger partial charge in [0.05, 0.1) is 11.4 Å². The zero-order valence-electron chi connectivity index (χ0n) is 16.8. The van der Waals surface area contributed by atoms with Crippen LogP contribution in [0, 0.1) is 6.92 Å². The van der Waals surface area contributed by atoms with Gasteiger partial charge in [-0.05, 0) is 49.9 Å². The third kappa shape index (κ3) is 1.97. The number of rotatable bonds is 1. The Morgan fingerprint density at radius 1 is 1.00 bits per heavy atom. The highest BCUT2D eigenvalue weighted by molar-refractivity contribution is 5.81. The van der Waals surface area contributed by atoms with Crippen molar-refractivity contribution in [2.75, 3.05) is 4.90 Å². The average molecular weight is 370 g/mol. The Hall–Kier alpha value is -2.55. The van der Waals surface area contributed by atoms with Crippen LogP contribution in [0.4, 0.5) is 11.4 Å². The number of imidazole rings is 1. The summed E-state index contributed by atoms with van der Waals surface area (Å²) in [6.07, 6.45) is 11.7. The molecule has 3 heterocycles. The van der Waals surface area contributed by atoms with Gasteiger partial charge < -0.3 is 9.47 Å². The molecule has 2 aliphatic heterocycles. The first-order valence-electron chi connectivity index (χ1n) is 10.7. The third-order valence-electron chi connectivity index (χ3n) is 7.65. The lowest BCUT2D eigenvalue weighted by molar-refractivity contribution is 0.268. The van der Waals surface area contributed by atoms with Crippen molar-refractivity contribution < 1.29 is 0 Å². The summed E-state index contributed by atoms with van der Waals surface area (Å²) in [4.78, 5) is 7.28. The van der Waals surface area contributed by atoms with E-state index in [-0.39, 0.29) is 0 Å². The van der Waals surface area contributed by atoms with Crippen molar-refractivity contribution in [1.82, 2.24) is 9.55 Å². The molecule has 3 aliphatic rings. The number of aromatic nitrogens is 2. The Kier molecular flexibility index (Phi) is 3.36. The zero-order chi connectivity index (χ0) is 18.9. The van der Waals surface area contributed by atoms with Crippen LogP contribution in [0.15, 0.2) is 48.8 Å². The SMILES string of the molecule is Cc1ccc2c(c1N1c3ccccc3C3(CCCCC3)C1C)Cc1nccn1-2. The zero-order valence-corrected chi connectivity index (χ0v) is 16.8. The maximum atomic E-state index is 4.60. The van der Waals surface area contributed by atoms with Crippen LogP contribution in [0.2, 0.25) is 0 Å². The minimum Gasteiger partial charge on any atom is -0.337 e. The molecular formula is C25H27N3. The number of fused-ring (bicyclic) bond motifs is 5. The first kappa shape index (κ1) is 16.4. The van der Waals surface area contributed by atoms with Crippen molar-refractivity contribution in [3.63, 3.8) is 0 Å². The van der Waals surface area contributed by atoms with E-state index in [0.29, 0.717) is 11.5 Å². The largest absolute Gasteiger partial charge is 0.337 e. The summed E-state index contributed by atoms with van der Waals surface area (Å²) in [5.74, 6) is 1.16. The molecule has 0 bridgehead atoms. The van der Waals surface area contributed by atoms with E-state index in [2.05, 4.69) is 70.9 Å². The van der Waals surface area contributed by atoms with E-state index in [9.17, 15) is 0 Å². The minimum absolute atomic E-state index is 0.302. The predicted octanol–water partition coefficient (Wildman–Crippen LogP) is 5.83. The smallest absolute Gasteiger partial charge is 0.117 e. The van der Waals surface area contributed by atoms with Crippen LogP contribution in [0.3, 0.4) is 0 Å². The lowest BCUT2D eigenvalue weighted by Crippen LogP contribution is -2.42. The molecule has 1 aromatic heterocycles. The Labute approximate surface area is 167 Å². The van der Waals surface area contributed by atoms with Gasteiger partial charge in [-0.2, -0.15) is 0 Å². The highest BCUT2D eigenvalue weighted by Gasteiger charge is 2.50. The molecule has 6 rings (SSSR count). The van der Waals surface area contributed by atoms with Gasteiger partial charge in [0.1, 0.15) is 5.82 Å². The molecule has 1 aliphatic carbocycles. The third-order valence-corrected chi connectivity index (χ3v) is 7.65. The predicted molar refractivity (Wildman–Crippen MR) is 114 cm³/mol. The van der Waals surface area contributed by atoms with Crippen LogP contribution in [-0.2, 0) is 11.8 Å². The van der Waals surface area contributed by atoms with E-state index in [1.54, 1.807) is 5.56 Å². The van der Waals surface area contributed by atoms with E-state index in [0.717, 1.165) is 12.2 Å². The van der Waals surface area contributed by atoms with E-state index >= 15 is 0 Å². The molecule has 3 nitrogen and oxygen atoms in total. The summed E-state index contributed by atoms with van der Waals surface area (Å²) < 4.78 is 2.27. The highest BCUT2D eigenvalue weighted by Crippen LogP contribution is 2.56. The van der Waals surface area contributed by atoms with Crippen molar-refractivity contribution in [3.05, 3.63) is 71.3 Å². The van der Waals surface area contributed by atoms with Gasteiger partial charge >= 0.3 is 0 Å². The number of benzene rings is 2. The van der Waals surface area contributed by atoms with E-state index in [1.807, 2.05) is 6.20 Å². The molecule has 1 atom stereocenters. The summed E-state index contributed by atoms with van der Waals surface area (Å²) in [6, 6.07) is 14.3. The number of nitrogens with zero attached hydrogens (tertiary/aromatic N) is 3. The molecular weight excluding hydrogens is 342 g/mol. The Morgan fingerprint density at radius 3 is 2.68 bits per heavy atom. The summed E-state index contributed by atoms with van der Waals surface area (Å²) in [6.45, 7) is 4.75. The van der Waals surface area contributed by atoms with Gasteiger partial charge in [0.2, 0.25) is 0 Å². The molecule has 2 aromatic carbocycles. The minimum atomic E-state index is 0.302. The first-order chi connectivity index (χ1) is 13.7. The maximum absolute atomic E-state index is 4.60. The van der Waals surface area contributed by atoms with Gasteiger partial charge in [0, 0.05) is 41.5 Å². The second-order valence-electron chi connectivity index (χ2n) is 8.90. The number of anilines is 2. The molecule has 0 saturated heterocycles. The van der Waals surface area contributed by atoms with Gasteiger partial charge in [-0.3, -0.25) is 0 Å². The van der Waals surface area contributed by atoms with Gasteiger partial charge in [-0.1, -0.05) is 43.5 Å². The number of aryl methyl sites for hydroxylation is 1. The molecule has 3 aromatic rings. The monoisotopic (exact) mass is 369 g/mol. The molecule has 1 spiro atoms. The van der Waals surface area contributed by atoms with Gasteiger partial charge in [0.15, 0.2) is 0 Å². The van der Waals surface area contributed by atoms with Crippen molar-refractivity contribution in [1.29, 1.82) is 0 Å². The van der Waals surface area contributed by atoms with Crippen LogP contribution in [0.1, 0.15) is 61.5 Å². The number of hydrogen-bond donors (Lipinski definition) is 0. The van der Waals surface area contributed by atoms with Crippen molar-refractivity contribution >= 4 is 11.4 Å². The standard InChI is InChI=1S/C25H27N3/c1-17-10-11-21-19(16-23-26-14-15-27(21)23)24(17)28-18(2)25(12-6-3-7-13-25)20-8-4-5-9-22(20)28/h4-5,8-11,14-15,18H,3,6-7,12-13,16H2,1-2H3. The van der Waals surface area contributed by atoms with Crippen LogP contribution in [-0.4, -0.2) is 15.6 Å². The van der Waals surface area contributed by atoms with Crippen molar-refractivity contribution in [2.45, 2.75) is 63.8 Å². The first-order valence-corrected chi connectivity index (χ1v) is 10.7. The molecule has 1 unspecified atom stereocenters. The lowest BCUT2D eigenvalue weighted by atomic mass is 9.67. The molecule has 142 valence electrons. The van der Waals surface area contributed by atoms with Crippen molar-refractivity contribution in [3.8, 4) is 5.69 Å². The van der Waals surface area contributed by atoms with Gasteiger partial charge in [-0.15, -0.1) is 0 Å². The molecule has 1 fully saturated rings. The molecule has 0 amide bonds. The topological polar surface area (TPSA) is 21.1 Å². The summed E-state index contributed by atoms with van der Waals surface area (Å²) in [7, 11) is 0. The van der Waals surface area contributed by atoms with Gasteiger partial charge in [-0.25, -0.2) is 4.98 Å². The van der Waals surface area contributed by atoms with Crippen molar-refractivity contribution in [2.24, 2.45) is 0 Å². The lowest BCUT2D eigenvalue weighted by Gasteiger charge is -2.41. The Bertz CT molecular complexity index is 1070. The Balaban J connectivity index is 1.57.